The van der Waals surface area contributed by atoms with Gasteiger partial charge in [-0.2, -0.15) is 10.1 Å². The highest BCUT2D eigenvalue weighted by atomic mass is 19.1. The van der Waals surface area contributed by atoms with Crippen molar-refractivity contribution >= 4 is 16.8 Å². The minimum atomic E-state index is -0.301. The maximum absolute atomic E-state index is 13.1. The fourth-order valence-corrected chi connectivity index (χ4v) is 4.28. The monoisotopic (exact) mass is 433 g/mol. The smallest absolute Gasteiger partial charge is 0.230 e. The Hall–Kier alpha value is -3.55. The highest BCUT2D eigenvalue weighted by Gasteiger charge is 2.27. The molecule has 0 bridgehead atoms. The average Bonchev–Trinajstić information content (AvgIpc) is 3.47. The second kappa shape index (κ2) is 8.53. The number of benzene rings is 2. The molecule has 0 N–H and O–H groups in total. The molecular weight excluding hydrogens is 409 g/mol. The zero-order valence-corrected chi connectivity index (χ0v) is 17.9. The molecule has 5 rings (SSSR count). The minimum Gasteiger partial charge on any atom is -0.343 e. The lowest BCUT2D eigenvalue weighted by molar-refractivity contribution is -0.132. The lowest BCUT2D eigenvalue weighted by Gasteiger charge is -2.30. The second-order valence-corrected chi connectivity index (χ2v) is 8.24. The number of amides is 1. The van der Waals surface area contributed by atoms with E-state index in [0.29, 0.717) is 37.8 Å². The third kappa shape index (κ3) is 4.00. The standard InChI is InChI=1S/C24H24FN5O2/c1-16-3-2-4-21-20(16)15-26-30(21)14-11-22(31)29-12-9-18(10-13-29)24-27-23(28-32-24)17-5-7-19(25)8-6-17/h2-8,15,18H,9-14H2,1H3. The van der Waals surface area contributed by atoms with Crippen LogP contribution in [0.3, 0.4) is 0 Å². The lowest BCUT2D eigenvalue weighted by Crippen LogP contribution is -2.38. The summed E-state index contributed by atoms with van der Waals surface area (Å²) < 4.78 is 20.5. The van der Waals surface area contributed by atoms with E-state index in [2.05, 4.69) is 28.2 Å². The van der Waals surface area contributed by atoms with E-state index in [4.69, 9.17) is 4.52 Å². The first-order chi connectivity index (χ1) is 15.6. The van der Waals surface area contributed by atoms with Crippen LogP contribution in [-0.4, -0.2) is 43.8 Å². The number of carbonyl (C=O) groups is 1. The molecule has 7 nitrogen and oxygen atoms in total. The van der Waals surface area contributed by atoms with E-state index in [1.54, 1.807) is 12.1 Å². The lowest BCUT2D eigenvalue weighted by atomic mass is 9.96. The molecule has 0 unspecified atom stereocenters. The topological polar surface area (TPSA) is 77.1 Å². The van der Waals surface area contributed by atoms with Gasteiger partial charge in [-0.25, -0.2) is 4.39 Å². The number of rotatable bonds is 5. The van der Waals surface area contributed by atoms with Gasteiger partial charge in [0.25, 0.3) is 0 Å². The van der Waals surface area contributed by atoms with E-state index in [1.807, 2.05) is 27.9 Å². The number of likely N-dealkylation sites (tertiary alicyclic amines) is 1. The van der Waals surface area contributed by atoms with Crippen LogP contribution < -0.4 is 0 Å². The van der Waals surface area contributed by atoms with Gasteiger partial charge < -0.3 is 9.42 Å². The van der Waals surface area contributed by atoms with Gasteiger partial charge in [0.2, 0.25) is 17.6 Å². The molecule has 3 heterocycles. The third-order valence-electron chi connectivity index (χ3n) is 6.18. The molecule has 1 fully saturated rings. The SMILES string of the molecule is Cc1cccc2c1cnn2CCC(=O)N1CCC(c2nc(-c3ccc(F)cc3)no2)CC1. The molecule has 32 heavy (non-hydrogen) atoms. The van der Waals surface area contributed by atoms with Crippen molar-refractivity contribution in [2.75, 3.05) is 13.1 Å². The molecule has 1 amide bonds. The highest BCUT2D eigenvalue weighted by molar-refractivity contribution is 5.82. The number of hydrogen-bond acceptors (Lipinski definition) is 5. The molecule has 8 heteroatoms. The van der Waals surface area contributed by atoms with E-state index in [1.165, 1.54) is 17.7 Å². The van der Waals surface area contributed by atoms with Crippen molar-refractivity contribution < 1.29 is 13.7 Å². The van der Waals surface area contributed by atoms with E-state index < -0.39 is 0 Å². The summed E-state index contributed by atoms with van der Waals surface area (Å²) >= 11 is 0. The minimum absolute atomic E-state index is 0.124. The Bertz CT molecular complexity index is 1240. The summed E-state index contributed by atoms with van der Waals surface area (Å²) in [6, 6.07) is 12.1. The van der Waals surface area contributed by atoms with Crippen LogP contribution in [0.25, 0.3) is 22.3 Å². The maximum atomic E-state index is 13.1. The fourth-order valence-electron chi connectivity index (χ4n) is 4.28. The number of fused-ring (bicyclic) bond motifs is 1. The van der Waals surface area contributed by atoms with Gasteiger partial charge in [0.1, 0.15) is 5.82 Å². The molecule has 0 saturated carbocycles. The molecular formula is C24H24FN5O2. The predicted molar refractivity (Wildman–Crippen MR) is 117 cm³/mol. The number of carbonyl (C=O) groups excluding carboxylic acids is 1. The predicted octanol–water partition coefficient (Wildman–Crippen LogP) is 4.33. The number of halogens is 1. The fraction of sp³-hybridized carbons (Fsp3) is 0.333. The van der Waals surface area contributed by atoms with Gasteiger partial charge in [0, 0.05) is 36.4 Å². The Kier molecular flexibility index (Phi) is 5.43. The van der Waals surface area contributed by atoms with Crippen LogP contribution >= 0.6 is 0 Å². The highest BCUT2D eigenvalue weighted by Crippen LogP contribution is 2.29. The van der Waals surface area contributed by atoms with Gasteiger partial charge >= 0.3 is 0 Å². The van der Waals surface area contributed by atoms with Crippen molar-refractivity contribution in [3.63, 3.8) is 0 Å². The molecule has 0 atom stereocenters. The Morgan fingerprint density at radius 3 is 2.72 bits per heavy atom. The Labute approximate surface area is 184 Å². The second-order valence-electron chi connectivity index (χ2n) is 8.24. The van der Waals surface area contributed by atoms with Crippen LogP contribution in [0.15, 0.2) is 53.2 Å². The van der Waals surface area contributed by atoms with E-state index in [9.17, 15) is 9.18 Å². The Balaban J connectivity index is 1.16. The quantitative estimate of drug-likeness (QED) is 0.468. The number of hydrogen-bond donors (Lipinski definition) is 0. The van der Waals surface area contributed by atoms with Crippen LogP contribution in [0, 0.1) is 12.7 Å². The van der Waals surface area contributed by atoms with Crippen molar-refractivity contribution in [3.05, 3.63) is 65.9 Å². The van der Waals surface area contributed by atoms with Gasteiger partial charge in [0.05, 0.1) is 18.3 Å². The summed E-state index contributed by atoms with van der Waals surface area (Å²) in [5.74, 6) is 0.997. The van der Waals surface area contributed by atoms with Crippen LogP contribution in [0.2, 0.25) is 0 Å². The summed E-state index contributed by atoms with van der Waals surface area (Å²) in [7, 11) is 0. The summed E-state index contributed by atoms with van der Waals surface area (Å²) in [6.45, 7) is 3.96. The molecule has 2 aromatic heterocycles. The summed E-state index contributed by atoms with van der Waals surface area (Å²) in [6.07, 6.45) is 3.84. The van der Waals surface area contributed by atoms with Crippen molar-refractivity contribution in [2.45, 2.75) is 38.6 Å². The Morgan fingerprint density at radius 2 is 1.94 bits per heavy atom. The summed E-state index contributed by atoms with van der Waals surface area (Å²) in [4.78, 5) is 19.2. The summed E-state index contributed by atoms with van der Waals surface area (Å²) in [5.41, 5.74) is 2.96. The molecule has 0 radical (unpaired) electrons. The molecule has 1 saturated heterocycles. The zero-order valence-electron chi connectivity index (χ0n) is 17.9. The average molecular weight is 433 g/mol. The zero-order chi connectivity index (χ0) is 22.1. The molecule has 0 spiro atoms. The van der Waals surface area contributed by atoms with Crippen LogP contribution in [-0.2, 0) is 11.3 Å². The molecule has 164 valence electrons. The first-order valence-electron chi connectivity index (χ1n) is 10.9. The first kappa shape index (κ1) is 20.4. The summed E-state index contributed by atoms with van der Waals surface area (Å²) in [5, 5.41) is 9.62. The van der Waals surface area contributed by atoms with E-state index in [-0.39, 0.29) is 17.6 Å². The molecule has 4 aromatic rings. The molecule has 2 aromatic carbocycles. The number of aromatic nitrogens is 4. The number of nitrogens with zero attached hydrogens (tertiary/aromatic N) is 5. The van der Waals surface area contributed by atoms with Crippen molar-refractivity contribution in [1.29, 1.82) is 0 Å². The van der Waals surface area contributed by atoms with Crippen molar-refractivity contribution in [1.82, 2.24) is 24.8 Å². The van der Waals surface area contributed by atoms with Crippen LogP contribution in [0.4, 0.5) is 4.39 Å². The van der Waals surface area contributed by atoms with E-state index >= 15 is 0 Å². The largest absolute Gasteiger partial charge is 0.343 e. The normalized spacial score (nSPS) is 14.9. The Morgan fingerprint density at radius 1 is 1.16 bits per heavy atom. The van der Waals surface area contributed by atoms with Crippen LogP contribution in [0.1, 0.15) is 36.6 Å². The number of piperidine rings is 1. The van der Waals surface area contributed by atoms with Gasteiger partial charge in [-0.15, -0.1) is 0 Å². The third-order valence-corrected chi connectivity index (χ3v) is 6.18. The van der Waals surface area contributed by atoms with E-state index in [0.717, 1.165) is 29.3 Å². The van der Waals surface area contributed by atoms with Gasteiger partial charge in [-0.3, -0.25) is 9.48 Å². The number of aryl methyl sites for hydroxylation is 2. The van der Waals surface area contributed by atoms with Crippen molar-refractivity contribution in [2.24, 2.45) is 0 Å². The molecule has 1 aliphatic heterocycles. The molecule has 1 aliphatic rings. The van der Waals surface area contributed by atoms with Crippen LogP contribution in [0.5, 0.6) is 0 Å². The maximum Gasteiger partial charge on any atom is 0.230 e. The van der Waals surface area contributed by atoms with Gasteiger partial charge in [0.15, 0.2) is 0 Å². The molecule has 0 aliphatic carbocycles. The van der Waals surface area contributed by atoms with Gasteiger partial charge in [-0.05, 0) is 55.7 Å². The first-order valence-corrected chi connectivity index (χ1v) is 10.9. The van der Waals surface area contributed by atoms with Gasteiger partial charge in [-0.1, -0.05) is 17.3 Å². The van der Waals surface area contributed by atoms with Crippen molar-refractivity contribution in [3.8, 4) is 11.4 Å².